The van der Waals surface area contributed by atoms with Gasteiger partial charge in [-0.1, -0.05) is 44.0 Å². The third-order valence-corrected chi connectivity index (χ3v) is 3.85. The van der Waals surface area contributed by atoms with Crippen LogP contribution >= 0.6 is 23.2 Å². The van der Waals surface area contributed by atoms with Crippen LogP contribution in [0.2, 0.25) is 10.0 Å². The number of hydrogen-bond acceptors (Lipinski definition) is 1. The lowest BCUT2D eigenvalue weighted by Gasteiger charge is -2.20. The van der Waals surface area contributed by atoms with Crippen molar-refractivity contribution in [1.29, 1.82) is 0 Å². The van der Waals surface area contributed by atoms with E-state index in [4.69, 9.17) is 23.2 Å². The molecular weight excluding hydrogens is 277 g/mol. The summed E-state index contributed by atoms with van der Waals surface area (Å²) >= 11 is 12.3. The standard InChI is InChI=1S/C16H25Cl2N/c1-4-9-19-15(7-5-12(2)3)11-13-10-14(17)6-8-16(13)18/h6,8,10,12,15,19H,4-5,7,9,11H2,1-3H3. The maximum Gasteiger partial charge on any atom is 0.0439 e. The molecule has 1 aromatic carbocycles. The quantitative estimate of drug-likeness (QED) is 0.683. The third-order valence-electron chi connectivity index (χ3n) is 3.25. The first kappa shape index (κ1) is 16.8. The van der Waals surface area contributed by atoms with Crippen LogP contribution in [0, 0.1) is 5.92 Å². The van der Waals surface area contributed by atoms with Gasteiger partial charge in [-0.05, 0) is 61.9 Å². The van der Waals surface area contributed by atoms with Crippen LogP contribution in [0.1, 0.15) is 45.6 Å². The van der Waals surface area contributed by atoms with Crippen molar-refractivity contribution in [3.8, 4) is 0 Å². The summed E-state index contributed by atoms with van der Waals surface area (Å²) in [5, 5.41) is 5.20. The normalized spacial score (nSPS) is 12.9. The average Bonchev–Trinajstić information content (AvgIpc) is 2.36. The zero-order chi connectivity index (χ0) is 14.3. The second kappa shape index (κ2) is 8.84. The Morgan fingerprint density at radius 1 is 1.16 bits per heavy atom. The lowest BCUT2D eigenvalue weighted by Crippen LogP contribution is -2.32. The van der Waals surface area contributed by atoms with Gasteiger partial charge < -0.3 is 5.32 Å². The fraction of sp³-hybridized carbons (Fsp3) is 0.625. The molecule has 0 saturated heterocycles. The van der Waals surface area contributed by atoms with Gasteiger partial charge in [0.15, 0.2) is 0 Å². The van der Waals surface area contributed by atoms with E-state index in [1.54, 1.807) is 0 Å². The zero-order valence-electron chi connectivity index (χ0n) is 12.2. The highest BCUT2D eigenvalue weighted by Crippen LogP contribution is 2.23. The molecule has 1 nitrogen and oxygen atoms in total. The number of halogens is 2. The maximum atomic E-state index is 6.25. The van der Waals surface area contributed by atoms with Gasteiger partial charge in [-0.15, -0.1) is 0 Å². The second-order valence-electron chi connectivity index (χ2n) is 5.56. The number of rotatable bonds is 8. The van der Waals surface area contributed by atoms with Crippen LogP contribution < -0.4 is 5.32 Å². The largest absolute Gasteiger partial charge is 0.314 e. The molecule has 3 heteroatoms. The van der Waals surface area contributed by atoms with Gasteiger partial charge in [0.05, 0.1) is 0 Å². The molecule has 19 heavy (non-hydrogen) atoms. The molecule has 1 aromatic rings. The van der Waals surface area contributed by atoms with Crippen molar-refractivity contribution >= 4 is 23.2 Å². The van der Waals surface area contributed by atoms with Crippen LogP contribution in [0.25, 0.3) is 0 Å². The van der Waals surface area contributed by atoms with Gasteiger partial charge in [0, 0.05) is 16.1 Å². The number of benzene rings is 1. The fourth-order valence-corrected chi connectivity index (χ4v) is 2.51. The molecule has 0 spiro atoms. The van der Waals surface area contributed by atoms with Crippen molar-refractivity contribution in [1.82, 2.24) is 5.32 Å². The highest BCUT2D eigenvalue weighted by Gasteiger charge is 2.12. The van der Waals surface area contributed by atoms with Gasteiger partial charge in [-0.25, -0.2) is 0 Å². The lowest BCUT2D eigenvalue weighted by atomic mass is 9.97. The lowest BCUT2D eigenvalue weighted by molar-refractivity contribution is 0.427. The van der Waals surface area contributed by atoms with Crippen LogP contribution in [-0.2, 0) is 6.42 Å². The smallest absolute Gasteiger partial charge is 0.0439 e. The van der Waals surface area contributed by atoms with E-state index in [1.807, 2.05) is 18.2 Å². The van der Waals surface area contributed by atoms with Crippen LogP contribution in [0.15, 0.2) is 18.2 Å². The first-order chi connectivity index (χ1) is 9.02. The summed E-state index contributed by atoms with van der Waals surface area (Å²) in [6, 6.07) is 6.20. The summed E-state index contributed by atoms with van der Waals surface area (Å²) in [6.07, 6.45) is 4.52. The van der Waals surface area contributed by atoms with E-state index >= 15 is 0 Å². The minimum Gasteiger partial charge on any atom is -0.314 e. The van der Waals surface area contributed by atoms with Crippen molar-refractivity contribution in [2.75, 3.05) is 6.54 Å². The molecule has 1 atom stereocenters. The third kappa shape index (κ3) is 6.65. The van der Waals surface area contributed by atoms with Gasteiger partial charge >= 0.3 is 0 Å². The fourth-order valence-electron chi connectivity index (χ4n) is 2.12. The molecule has 0 saturated carbocycles. The number of hydrogen-bond donors (Lipinski definition) is 1. The summed E-state index contributed by atoms with van der Waals surface area (Å²) in [7, 11) is 0. The molecule has 108 valence electrons. The summed E-state index contributed by atoms with van der Waals surface area (Å²) < 4.78 is 0. The summed E-state index contributed by atoms with van der Waals surface area (Å²) in [5.41, 5.74) is 1.14. The van der Waals surface area contributed by atoms with E-state index in [-0.39, 0.29) is 0 Å². The first-order valence-corrected chi connectivity index (χ1v) is 7.95. The number of nitrogens with one attached hydrogen (secondary N) is 1. The summed E-state index contributed by atoms with van der Waals surface area (Å²) in [4.78, 5) is 0. The Bertz CT molecular complexity index is 377. The maximum absolute atomic E-state index is 6.25. The molecular formula is C16H25Cl2N. The van der Waals surface area contributed by atoms with Crippen LogP contribution in [-0.4, -0.2) is 12.6 Å². The van der Waals surface area contributed by atoms with Gasteiger partial charge in [0.2, 0.25) is 0 Å². The summed E-state index contributed by atoms with van der Waals surface area (Å²) in [6.45, 7) is 7.78. The van der Waals surface area contributed by atoms with E-state index in [0.29, 0.717) is 6.04 Å². The molecule has 0 heterocycles. The molecule has 1 unspecified atom stereocenters. The zero-order valence-corrected chi connectivity index (χ0v) is 13.7. The van der Waals surface area contributed by atoms with E-state index in [0.717, 1.165) is 40.9 Å². The van der Waals surface area contributed by atoms with Gasteiger partial charge in [-0.2, -0.15) is 0 Å². The second-order valence-corrected chi connectivity index (χ2v) is 6.41. The molecule has 0 fully saturated rings. The van der Waals surface area contributed by atoms with Crippen LogP contribution in [0.3, 0.4) is 0 Å². The topological polar surface area (TPSA) is 12.0 Å². The highest BCUT2D eigenvalue weighted by atomic mass is 35.5. The Labute approximate surface area is 127 Å². The van der Waals surface area contributed by atoms with Crippen molar-refractivity contribution < 1.29 is 0 Å². The van der Waals surface area contributed by atoms with Crippen molar-refractivity contribution in [2.24, 2.45) is 5.92 Å². The molecule has 1 rings (SSSR count). The van der Waals surface area contributed by atoms with Crippen molar-refractivity contribution in [3.05, 3.63) is 33.8 Å². The van der Waals surface area contributed by atoms with E-state index in [1.165, 1.54) is 12.8 Å². The molecule has 0 aliphatic heterocycles. The Balaban J connectivity index is 2.66. The Morgan fingerprint density at radius 2 is 1.89 bits per heavy atom. The molecule has 0 radical (unpaired) electrons. The average molecular weight is 302 g/mol. The molecule has 0 aliphatic rings. The minimum absolute atomic E-state index is 0.485. The Kier molecular flexibility index (Phi) is 7.82. The molecule has 1 N–H and O–H groups in total. The Morgan fingerprint density at radius 3 is 2.53 bits per heavy atom. The summed E-state index contributed by atoms with van der Waals surface area (Å²) in [5.74, 6) is 0.737. The highest BCUT2D eigenvalue weighted by molar-refractivity contribution is 6.33. The van der Waals surface area contributed by atoms with Crippen molar-refractivity contribution in [3.63, 3.8) is 0 Å². The first-order valence-electron chi connectivity index (χ1n) is 7.20. The van der Waals surface area contributed by atoms with E-state index < -0.39 is 0 Å². The minimum atomic E-state index is 0.485. The molecule has 0 amide bonds. The van der Waals surface area contributed by atoms with Gasteiger partial charge in [0.1, 0.15) is 0 Å². The van der Waals surface area contributed by atoms with Gasteiger partial charge in [-0.3, -0.25) is 0 Å². The van der Waals surface area contributed by atoms with Crippen LogP contribution in [0.5, 0.6) is 0 Å². The molecule has 0 aliphatic carbocycles. The monoisotopic (exact) mass is 301 g/mol. The van der Waals surface area contributed by atoms with Crippen molar-refractivity contribution in [2.45, 2.75) is 52.5 Å². The molecule has 0 aromatic heterocycles. The molecule has 0 bridgehead atoms. The Hall–Kier alpha value is -0.240. The van der Waals surface area contributed by atoms with Gasteiger partial charge in [0.25, 0.3) is 0 Å². The SMILES string of the molecule is CCCNC(CCC(C)C)Cc1cc(Cl)ccc1Cl. The predicted molar refractivity (Wildman–Crippen MR) is 86.3 cm³/mol. The van der Waals surface area contributed by atoms with E-state index in [2.05, 4.69) is 26.1 Å². The van der Waals surface area contributed by atoms with Crippen LogP contribution in [0.4, 0.5) is 0 Å². The van der Waals surface area contributed by atoms with E-state index in [9.17, 15) is 0 Å². The predicted octanol–water partition coefficient (Wildman–Crippen LogP) is 5.34.